The van der Waals surface area contributed by atoms with Gasteiger partial charge in [0.25, 0.3) is 10.0 Å². The molecule has 0 radical (unpaired) electrons. The maximum Gasteiger partial charge on any atom is 0.253 e. The third kappa shape index (κ3) is 2.39. The Morgan fingerprint density at radius 1 is 1.35 bits per heavy atom. The van der Waals surface area contributed by atoms with E-state index in [9.17, 15) is 8.42 Å². The summed E-state index contributed by atoms with van der Waals surface area (Å²) in [5.41, 5.74) is 0. The second-order valence-corrected chi connectivity index (χ2v) is 7.90. The van der Waals surface area contributed by atoms with Crippen LogP contribution in [0.2, 0.25) is 0 Å². The van der Waals surface area contributed by atoms with Crippen molar-refractivity contribution in [2.45, 2.75) is 23.7 Å². The van der Waals surface area contributed by atoms with E-state index in [4.69, 9.17) is 5.11 Å². The molecule has 0 fully saturated rings. The number of fused-ring (bicyclic) bond motifs is 1. The Morgan fingerprint density at radius 3 is 3.00 bits per heavy atom. The first-order valence-electron chi connectivity index (χ1n) is 6.31. The molecule has 0 aromatic carbocycles. The zero-order valence-electron chi connectivity index (χ0n) is 10.8. The van der Waals surface area contributed by atoms with Crippen LogP contribution in [-0.4, -0.2) is 40.5 Å². The Kier molecular flexibility index (Phi) is 3.63. The highest BCUT2D eigenvalue weighted by Crippen LogP contribution is 2.27. The van der Waals surface area contributed by atoms with Gasteiger partial charge in [0.15, 0.2) is 0 Å². The van der Waals surface area contributed by atoms with Crippen molar-refractivity contribution in [1.29, 1.82) is 0 Å². The van der Waals surface area contributed by atoms with Gasteiger partial charge in [0.05, 0.1) is 6.54 Å². The lowest BCUT2D eigenvalue weighted by atomic mass is 10.4. The third-order valence-corrected chi connectivity index (χ3v) is 6.76. The minimum absolute atomic E-state index is 0.0289. The number of thiophene rings is 1. The Hall–Kier alpha value is -1.22. The van der Waals surface area contributed by atoms with E-state index in [0.717, 1.165) is 10.7 Å². The monoisotopic (exact) mass is 313 g/mol. The van der Waals surface area contributed by atoms with Gasteiger partial charge in [0.2, 0.25) is 0 Å². The molecular weight excluding hydrogens is 298 g/mol. The second-order valence-electron chi connectivity index (χ2n) is 4.57. The molecule has 0 aliphatic carbocycles. The first kappa shape index (κ1) is 13.7. The fourth-order valence-electron chi connectivity index (χ4n) is 2.23. The summed E-state index contributed by atoms with van der Waals surface area (Å²) >= 11 is 1.22. The molecule has 1 N–H and O–H groups in total. The van der Waals surface area contributed by atoms with Crippen molar-refractivity contribution in [3.63, 3.8) is 0 Å². The molecule has 0 saturated carbocycles. The standard InChI is InChI=1S/C12H15N3O3S2/c16-8-3-10-1-2-12(19-10)20(17,18)15-7-6-14-5-4-13-11(14)9-15/h1-2,4-5,16H,3,6-9H2. The number of hydrogen-bond donors (Lipinski definition) is 1. The fourth-order valence-corrected chi connectivity index (χ4v) is 5.11. The predicted octanol–water partition coefficient (Wildman–Crippen LogP) is 0.684. The van der Waals surface area contributed by atoms with Gasteiger partial charge in [0, 0.05) is 43.4 Å². The van der Waals surface area contributed by atoms with Crippen LogP contribution in [0.3, 0.4) is 0 Å². The van der Waals surface area contributed by atoms with Crippen LogP contribution < -0.4 is 0 Å². The number of aromatic nitrogens is 2. The molecule has 3 heterocycles. The van der Waals surface area contributed by atoms with Crippen molar-refractivity contribution in [3.8, 4) is 0 Å². The Bertz CT molecular complexity index is 705. The van der Waals surface area contributed by atoms with Gasteiger partial charge in [-0.05, 0) is 12.1 Å². The van der Waals surface area contributed by atoms with Gasteiger partial charge >= 0.3 is 0 Å². The molecule has 0 bridgehead atoms. The Balaban J connectivity index is 1.85. The molecule has 3 rings (SSSR count). The first-order chi connectivity index (χ1) is 9.61. The fraction of sp³-hybridized carbons (Fsp3) is 0.417. The lowest BCUT2D eigenvalue weighted by Gasteiger charge is -2.26. The average Bonchev–Trinajstić information content (AvgIpc) is 3.06. The number of aliphatic hydroxyl groups is 1. The van der Waals surface area contributed by atoms with Gasteiger partial charge in [0.1, 0.15) is 10.0 Å². The van der Waals surface area contributed by atoms with Crippen LogP contribution in [0, 0.1) is 0 Å². The molecule has 108 valence electrons. The normalized spacial score (nSPS) is 16.2. The van der Waals surface area contributed by atoms with Gasteiger partial charge in [-0.2, -0.15) is 4.31 Å². The molecule has 0 atom stereocenters. The number of aliphatic hydroxyl groups excluding tert-OH is 1. The minimum atomic E-state index is -3.46. The predicted molar refractivity (Wildman–Crippen MR) is 74.9 cm³/mol. The lowest BCUT2D eigenvalue weighted by Crippen LogP contribution is -2.37. The van der Waals surface area contributed by atoms with Crippen LogP contribution in [0.5, 0.6) is 0 Å². The van der Waals surface area contributed by atoms with E-state index >= 15 is 0 Å². The van der Waals surface area contributed by atoms with Crippen LogP contribution in [0.4, 0.5) is 0 Å². The summed E-state index contributed by atoms with van der Waals surface area (Å²) in [6, 6.07) is 3.38. The molecule has 1 aliphatic rings. The molecule has 0 amide bonds. The first-order valence-corrected chi connectivity index (χ1v) is 8.56. The van der Waals surface area contributed by atoms with E-state index in [-0.39, 0.29) is 6.61 Å². The molecule has 1 aliphatic heterocycles. The summed E-state index contributed by atoms with van der Waals surface area (Å²) in [5.74, 6) is 0.770. The SMILES string of the molecule is O=S(=O)(c1ccc(CCO)s1)N1CCn2ccnc2C1. The van der Waals surface area contributed by atoms with Crippen molar-refractivity contribution in [2.75, 3.05) is 13.2 Å². The van der Waals surface area contributed by atoms with E-state index in [1.54, 1.807) is 18.3 Å². The average molecular weight is 313 g/mol. The van der Waals surface area contributed by atoms with Gasteiger partial charge in [-0.15, -0.1) is 11.3 Å². The largest absolute Gasteiger partial charge is 0.396 e. The Labute approximate surface area is 121 Å². The number of imidazole rings is 1. The molecule has 2 aromatic heterocycles. The van der Waals surface area contributed by atoms with Crippen LogP contribution in [0.15, 0.2) is 28.7 Å². The molecule has 20 heavy (non-hydrogen) atoms. The molecule has 0 unspecified atom stereocenters. The summed E-state index contributed by atoms with van der Waals surface area (Å²) in [5, 5.41) is 8.90. The second kappa shape index (κ2) is 5.28. The third-order valence-electron chi connectivity index (χ3n) is 3.30. The van der Waals surface area contributed by atoms with Crippen LogP contribution in [0.1, 0.15) is 10.7 Å². The van der Waals surface area contributed by atoms with Crippen LogP contribution >= 0.6 is 11.3 Å². The number of nitrogens with zero attached hydrogens (tertiary/aromatic N) is 3. The van der Waals surface area contributed by atoms with Crippen molar-refractivity contribution in [1.82, 2.24) is 13.9 Å². The van der Waals surface area contributed by atoms with Crippen molar-refractivity contribution < 1.29 is 13.5 Å². The lowest BCUT2D eigenvalue weighted by molar-refractivity contribution is 0.300. The van der Waals surface area contributed by atoms with Gasteiger partial charge in [-0.3, -0.25) is 0 Å². The van der Waals surface area contributed by atoms with E-state index in [1.165, 1.54) is 15.6 Å². The van der Waals surface area contributed by atoms with Gasteiger partial charge in [-0.1, -0.05) is 0 Å². The molecule has 0 saturated heterocycles. The minimum Gasteiger partial charge on any atom is -0.396 e. The van der Waals surface area contributed by atoms with Crippen LogP contribution in [0.25, 0.3) is 0 Å². The quantitative estimate of drug-likeness (QED) is 0.901. The molecule has 8 heteroatoms. The van der Waals surface area contributed by atoms with Crippen molar-refractivity contribution in [2.24, 2.45) is 0 Å². The highest BCUT2D eigenvalue weighted by molar-refractivity contribution is 7.91. The number of hydrogen-bond acceptors (Lipinski definition) is 5. The zero-order chi connectivity index (χ0) is 14.2. The summed E-state index contributed by atoms with van der Waals surface area (Å²) in [7, 11) is -3.46. The summed E-state index contributed by atoms with van der Waals surface area (Å²) in [4.78, 5) is 5.06. The van der Waals surface area contributed by atoms with E-state index < -0.39 is 10.0 Å². The molecule has 6 nitrogen and oxygen atoms in total. The van der Waals surface area contributed by atoms with Crippen molar-refractivity contribution in [3.05, 3.63) is 35.2 Å². The summed E-state index contributed by atoms with van der Waals surface area (Å²) < 4.78 is 28.9. The smallest absolute Gasteiger partial charge is 0.253 e. The van der Waals surface area contributed by atoms with E-state index in [1.807, 2.05) is 10.8 Å². The van der Waals surface area contributed by atoms with Gasteiger partial charge in [-0.25, -0.2) is 13.4 Å². The maximum atomic E-state index is 12.6. The summed E-state index contributed by atoms with van der Waals surface area (Å²) in [6.07, 6.45) is 4.05. The number of sulfonamides is 1. The van der Waals surface area contributed by atoms with Crippen LogP contribution in [-0.2, 0) is 29.5 Å². The van der Waals surface area contributed by atoms with Gasteiger partial charge < -0.3 is 9.67 Å². The Morgan fingerprint density at radius 2 is 2.20 bits per heavy atom. The zero-order valence-corrected chi connectivity index (χ0v) is 12.4. The molecule has 0 spiro atoms. The topological polar surface area (TPSA) is 75.4 Å². The maximum absolute atomic E-state index is 12.6. The highest BCUT2D eigenvalue weighted by Gasteiger charge is 2.29. The van der Waals surface area contributed by atoms with E-state index in [0.29, 0.717) is 30.3 Å². The molecular formula is C12H15N3O3S2. The number of rotatable bonds is 4. The van der Waals surface area contributed by atoms with Crippen molar-refractivity contribution >= 4 is 21.4 Å². The van der Waals surface area contributed by atoms with E-state index in [2.05, 4.69) is 4.98 Å². The summed E-state index contributed by atoms with van der Waals surface area (Å²) in [6.45, 7) is 1.42. The molecule has 2 aromatic rings. The highest BCUT2D eigenvalue weighted by atomic mass is 32.2.